The Hall–Kier alpha value is -1.39. The van der Waals surface area contributed by atoms with Crippen LogP contribution in [0.4, 0.5) is 5.69 Å². The number of carboxylic acid groups (broad SMARTS) is 1. The van der Waals surface area contributed by atoms with Crippen molar-refractivity contribution < 1.29 is 9.90 Å². The molecule has 4 nitrogen and oxygen atoms in total. The average Bonchev–Trinajstić information content (AvgIpc) is 2.56. The van der Waals surface area contributed by atoms with E-state index in [-0.39, 0.29) is 5.70 Å². The highest BCUT2D eigenvalue weighted by atomic mass is 35.5. The molecule has 0 aliphatic carbocycles. The SMILES string of the molecule is O=C(O)C1=CC(Cl)(Cl)N(c2ccccc2)N1. The van der Waals surface area contributed by atoms with E-state index in [9.17, 15) is 4.79 Å². The quantitative estimate of drug-likeness (QED) is 0.631. The highest BCUT2D eigenvalue weighted by Gasteiger charge is 2.39. The Balaban J connectivity index is 2.31. The van der Waals surface area contributed by atoms with Crippen LogP contribution in [-0.4, -0.2) is 15.5 Å². The minimum Gasteiger partial charge on any atom is -0.477 e. The average molecular weight is 259 g/mol. The minimum absolute atomic E-state index is 0.0474. The lowest BCUT2D eigenvalue weighted by Gasteiger charge is -2.28. The van der Waals surface area contributed by atoms with Gasteiger partial charge in [-0.2, -0.15) is 0 Å². The van der Waals surface area contributed by atoms with E-state index >= 15 is 0 Å². The lowest BCUT2D eigenvalue weighted by molar-refractivity contribution is -0.133. The predicted octanol–water partition coefficient (Wildman–Crippen LogP) is 2.11. The van der Waals surface area contributed by atoms with Gasteiger partial charge in [-0.15, -0.1) is 0 Å². The number of nitrogens with one attached hydrogen (secondary N) is 1. The van der Waals surface area contributed by atoms with E-state index in [0.29, 0.717) is 5.69 Å². The molecule has 0 spiro atoms. The van der Waals surface area contributed by atoms with Crippen LogP contribution >= 0.6 is 23.2 Å². The van der Waals surface area contributed by atoms with Crippen molar-refractivity contribution in [2.24, 2.45) is 0 Å². The number of rotatable bonds is 2. The molecule has 0 saturated carbocycles. The first-order chi connectivity index (χ1) is 7.50. The molecule has 0 atom stereocenters. The third kappa shape index (κ3) is 1.94. The van der Waals surface area contributed by atoms with Crippen LogP contribution in [0.1, 0.15) is 0 Å². The fourth-order valence-electron chi connectivity index (χ4n) is 1.39. The molecule has 0 bridgehead atoms. The minimum atomic E-state index is -1.41. The zero-order valence-corrected chi connectivity index (χ0v) is 9.53. The second-order valence-corrected chi connectivity index (χ2v) is 4.58. The summed E-state index contributed by atoms with van der Waals surface area (Å²) in [5, 5.41) is 10.2. The summed E-state index contributed by atoms with van der Waals surface area (Å²) in [5.41, 5.74) is 3.26. The fourth-order valence-corrected chi connectivity index (χ4v) is 1.89. The summed E-state index contributed by atoms with van der Waals surface area (Å²) >= 11 is 12.0. The lowest BCUT2D eigenvalue weighted by atomic mass is 10.3. The van der Waals surface area contributed by atoms with Gasteiger partial charge >= 0.3 is 5.97 Å². The van der Waals surface area contributed by atoms with Gasteiger partial charge in [0.05, 0.1) is 5.69 Å². The van der Waals surface area contributed by atoms with Crippen LogP contribution in [0.15, 0.2) is 42.1 Å². The monoisotopic (exact) mass is 258 g/mol. The molecule has 0 radical (unpaired) electrons. The smallest absolute Gasteiger partial charge is 0.353 e. The molecule has 1 aromatic rings. The molecule has 84 valence electrons. The standard InChI is InChI=1S/C10H8Cl2N2O2/c11-10(12)6-8(9(15)16)13-14(10)7-4-2-1-3-5-7/h1-6,13H,(H,15,16). The number of carbonyl (C=O) groups is 1. The van der Waals surface area contributed by atoms with Crippen LogP contribution in [0.5, 0.6) is 0 Å². The Morgan fingerprint density at radius 2 is 1.94 bits per heavy atom. The van der Waals surface area contributed by atoms with Crippen molar-refractivity contribution in [1.29, 1.82) is 0 Å². The van der Waals surface area contributed by atoms with Gasteiger partial charge in [-0.05, 0) is 12.1 Å². The van der Waals surface area contributed by atoms with Gasteiger partial charge in [-0.1, -0.05) is 41.4 Å². The van der Waals surface area contributed by atoms with Crippen LogP contribution in [0, 0.1) is 0 Å². The number of hydrogen-bond donors (Lipinski definition) is 2. The van der Waals surface area contributed by atoms with Crippen molar-refractivity contribution in [3.8, 4) is 0 Å². The number of benzene rings is 1. The topological polar surface area (TPSA) is 52.6 Å². The molecule has 0 aromatic heterocycles. The number of halogens is 2. The summed E-state index contributed by atoms with van der Waals surface area (Å²) in [7, 11) is 0. The summed E-state index contributed by atoms with van der Waals surface area (Å²) in [6, 6.07) is 8.99. The number of hydrogen-bond acceptors (Lipinski definition) is 3. The van der Waals surface area contributed by atoms with Gasteiger partial charge in [-0.3, -0.25) is 5.43 Å². The first-order valence-electron chi connectivity index (χ1n) is 4.46. The number of hydrazine groups is 1. The van der Waals surface area contributed by atoms with Crippen LogP contribution in [-0.2, 0) is 4.79 Å². The number of alkyl halides is 2. The first kappa shape index (κ1) is 11.1. The van der Waals surface area contributed by atoms with Gasteiger partial charge in [-0.25, -0.2) is 9.80 Å². The van der Waals surface area contributed by atoms with E-state index in [2.05, 4.69) is 5.43 Å². The molecule has 0 fully saturated rings. The second kappa shape index (κ2) is 3.88. The molecule has 1 aliphatic rings. The van der Waals surface area contributed by atoms with Crippen LogP contribution < -0.4 is 10.4 Å². The largest absolute Gasteiger partial charge is 0.477 e. The Morgan fingerprint density at radius 1 is 1.31 bits per heavy atom. The molecule has 16 heavy (non-hydrogen) atoms. The maximum atomic E-state index is 10.8. The van der Waals surface area contributed by atoms with Gasteiger partial charge < -0.3 is 5.11 Å². The highest BCUT2D eigenvalue weighted by molar-refractivity contribution is 6.51. The Morgan fingerprint density at radius 3 is 2.44 bits per heavy atom. The van der Waals surface area contributed by atoms with E-state index < -0.39 is 10.4 Å². The molecular formula is C10H8Cl2N2O2. The molecule has 1 aromatic carbocycles. The fraction of sp³-hybridized carbons (Fsp3) is 0.100. The van der Waals surface area contributed by atoms with E-state index in [1.165, 1.54) is 11.1 Å². The summed E-state index contributed by atoms with van der Waals surface area (Å²) < 4.78 is -1.41. The van der Waals surface area contributed by atoms with E-state index in [1.807, 2.05) is 6.07 Å². The van der Waals surface area contributed by atoms with Gasteiger partial charge in [0.15, 0.2) is 0 Å². The van der Waals surface area contributed by atoms with E-state index in [1.54, 1.807) is 24.3 Å². The van der Waals surface area contributed by atoms with Gasteiger partial charge in [0, 0.05) is 6.08 Å². The number of nitrogens with zero attached hydrogens (tertiary/aromatic N) is 1. The van der Waals surface area contributed by atoms with E-state index in [4.69, 9.17) is 28.3 Å². The lowest BCUT2D eigenvalue weighted by Crippen LogP contribution is -2.42. The zero-order valence-electron chi connectivity index (χ0n) is 8.02. The Labute approximate surface area is 102 Å². The summed E-state index contributed by atoms with van der Waals surface area (Å²) in [4.78, 5) is 10.8. The van der Waals surface area contributed by atoms with Gasteiger partial charge in [0.25, 0.3) is 0 Å². The molecule has 2 rings (SSSR count). The predicted molar refractivity (Wildman–Crippen MR) is 62.2 cm³/mol. The highest BCUT2D eigenvalue weighted by Crippen LogP contribution is 2.36. The maximum Gasteiger partial charge on any atom is 0.353 e. The van der Waals surface area contributed by atoms with Gasteiger partial charge in [0.1, 0.15) is 5.70 Å². The summed E-state index contributed by atoms with van der Waals surface area (Å²) in [6.45, 7) is 0. The normalized spacial score (nSPS) is 17.9. The number of aliphatic carboxylic acids is 1. The van der Waals surface area contributed by atoms with Crippen LogP contribution in [0.25, 0.3) is 0 Å². The zero-order chi connectivity index (χ0) is 11.8. The van der Waals surface area contributed by atoms with Crippen molar-refractivity contribution in [3.63, 3.8) is 0 Å². The third-order valence-electron chi connectivity index (χ3n) is 2.09. The Bertz CT molecular complexity index is 445. The maximum absolute atomic E-state index is 10.8. The number of para-hydroxylation sites is 1. The molecule has 0 saturated heterocycles. The third-order valence-corrected chi connectivity index (χ3v) is 2.65. The molecule has 1 aliphatic heterocycles. The van der Waals surface area contributed by atoms with Crippen molar-refractivity contribution in [3.05, 3.63) is 42.1 Å². The molecule has 0 amide bonds. The van der Waals surface area contributed by atoms with Crippen LogP contribution in [0.2, 0.25) is 0 Å². The molecule has 6 heteroatoms. The molecule has 2 N–H and O–H groups in total. The van der Waals surface area contributed by atoms with Crippen molar-refractivity contribution in [2.75, 3.05) is 5.01 Å². The summed E-state index contributed by atoms with van der Waals surface area (Å²) in [6.07, 6.45) is 1.24. The molecular weight excluding hydrogens is 251 g/mol. The van der Waals surface area contributed by atoms with Crippen molar-refractivity contribution >= 4 is 34.9 Å². The summed E-state index contributed by atoms with van der Waals surface area (Å²) in [5.74, 6) is -1.11. The van der Waals surface area contributed by atoms with Gasteiger partial charge in [0.2, 0.25) is 4.46 Å². The van der Waals surface area contributed by atoms with E-state index in [0.717, 1.165) is 0 Å². The number of carboxylic acids is 1. The first-order valence-corrected chi connectivity index (χ1v) is 5.22. The Kier molecular flexibility index (Phi) is 2.69. The van der Waals surface area contributed by atoms with Crippen molar-refractivity contribution in [1.82, 2.24) is 5.43 Å². The second-order valence-electron chi connectivity index (χ2n) is 3.23. The molecule has 1 heterocycles. The molecule has 0 unspecified atom stereocenters. The van der Waals surface area contributed by atoms with Crippen LogP contribution in [0.3, 0.4) is 0 Å². The van der Waals surface area contributed by atoms with Crippen molar-refractivity contribution in [2.45, 2.75) is 4.46 Å². The number of anilines is 1.